The van der Waals surface area contributed by atoms with Crippen molar-refractivity contribution in [2.75, 3.05) is 39.5 Å². The molecule has 0 spiro atoms. The van der Waals surface area contributed by atoms with Gasteiger partial charge in [-0.15, -0.1) is 0 Å². The molecule has 28 heavy (non-hydrogen) atoms. The number of nitrogens with zero attached hydrogens (tertiary/aromatic N) is 4. The summed E-state index contributed by atoms with van der Waals surface area (Å²) in [6, 6.07) is 5.31. The van der Waals surface area contributed by atoms with Gasteiger partial charge in [0.1, 0.15) is 0 Å². The van der Waals surface area contributed by atoms with E-state index >= 15 is 0 Å². The highest BCUT2D eigenvalue weighted by molar-refractivity contribution is 7.99. The van der Waals surface area contributed by atoms with Crippen LogP contribution in [0.2, 0.25) is 0 Å². The summed E-state index contributed by atoms with van der Waals surface area (Å²) in [6.45, 7) is 6.60. The monoisotopic (exact) mass is 424 g/mol. The summed E-state index contributed by atoms with van der Waals surface area (Å²) in [4.78, 5) is 7.65. The van der Waals surface area contributed by atoms with Crippen molar-refractivity contribution in [3.8, 4) is 0 Å². The highest BCUT2D eigenvalue weighted by Gasteiger charge is 2.20. The van der Waals surface area contributed by atoms with Gasteiger partial charge in [0.05, 0.1) is 15.9 Å². The van der Waals surface area contributed by atoms with Crippen LogP contribution < -0.4 is 0 Å². The van der Waals surface area contributed by atoms with Crippen LogP contribution in [0, 0.1) is 0 Å². The summed E-state index contributed by atoms with van der Waals surface area (Å²) in [5, 5.41) is 1.000. The van der Waals surface area contributed by atoms with Crippen LogP contribution in [0.3, 0.4) is 0 Å². The van der Waals surface area contributed by atoms with E-state index in [1.807, 2.05) is 6.07 Å². The van der Waals surface area contributed by atoms with Gasteiger partial charge in [-0.1, -0.05) is 31.5 Å². The number of hydrogen-bond acceptors (Lipinski definition) is 5. The molecular weight excluding hydrogens is 392 g/mol. The Balaban J connectivity index is 1.82. The number of piperidine rings is 1. The quantitative estimate of drug-likeness (QED) is 0.575. The Morgan fingerprint density at radius 3 is 2.57 bits per heavy atom. The summed E-state index contributed by atoms with van der Waals surface area (Å²) in [5.74, 6) is 1.01. The predicted octanol–water partition coefficient (Wildman–Crippen LogP) is 3.66. The van der Waals surface area contributed by atoms with E-state index < -0.39 is 10.0 Å². The lowest BCUT2D eigenvalue weighted by molar-refractivity contribution is 0.242. The van der Waals surface area contributed by atoms with Crippen LogP contribution in [-0.2, 0) is 16.6 Å². The summed E-state index contributed by atoms with van der Waals surface area (Å²) in [6.07, 6.45) is 6.17. The van der Waals surface area contributed by atoms with Crippen LogP contribution in [0.15, 0.2) is 28.3 Å². The third-order valence-electron chi connectivity index (χ3n) is 5.29. The molecule has 1 saturated heterocycles. The SMILES string of the molecule is CCCCn1c(SCCN2CCCCC2)nc2cc(S(=O)(=O)N(C)C)ccc21. The number of likely N-dealkylation sites (tertiary alicyclic amines) is 1. The van der Waals surface area contributed by atoms with Crippen LogP contribution in [-0.4, -0.2) is 66.7 Å². The lowest BCUT2D eigenvalue weighted by Crippen LogP contribution is -2.31. The van der Waals surface area contributed by atoms with Crippen molar-refractivity contribution in [2.24, 2.45) is 0 Å². The molecule has 1 aliphatic rings. The predicted molar refractivity (Wildman–Crippen MR) is 117 cm³/mol. The number of benzene rings is 1. The third-order valence-corrected chi connectivity index (χ3v) is 8.05. The molecule has 156 valence electrons. The van der Waals surface area contributed by atoms with E-state index in [-0.39, 0.29) is 0 Å². The number of sulfonamides is 1. The van der Waals surface area contributed by atoms with Crippen LogP contribution in [0.1, 0.15) is 39.0 Å². The Hall–Kier alpha value is -1.09. The second-order valence-electron chi connectivity index (χ2n) is 7.59. The van der Waals surface area contributed by atoms with E-state index in [4.69, 9.17) is 4.98 Å². The van der Waals surface area contributed by atoms with E-state index in [0.29, 0.717) is 4.90 Å². The van der Waals surface area contributed by atoms with E-state index in [2.05, 4.69) is 16.4 Å². The molecule has 8 heteroatoms. The van der Waals surface area contributed by atoms with Crippen LogP contribution in [0.5, 0.6) is 0 Å². The highest BCUT2D eigenvalue weighted by Crippen LogP contribution is 2.27. The van der Waals surface area contributed by atoms with Gasteiger partial charge in [-0.2, -0.15) is 0 Å². The molecule has 0 aliphatic carbocycles. The fraction of sp³-hybridized carbons (Fsp3) is 0.650. The molecule has 0 radical (unpaired) electrons. The first-order chi connectivity index (χ1) is 13.4. The Kier molecular flexibility index (Phi) is 7.42. The normalized spacial score (nSPS) is 16.3. The molecule has 2 aromatic rings. The summed E-state index contributed by atoms with van der Waals surface area (Å²) in [7, 11) is -0.336. The fourth-order valence-corrected chi connectivity index (χ4v) is 5.51. The standard InChI is InChI=1S/C20H32N4O2S2/c1-4-5-13-24-19-10-9-17(28(25,26)22(2)3)16-18(19)21-20(24)27-15-14-23-11-7-6-8-12-23/h9-10,16H,4-8,11-15H2,1-3H3. The van der Waals surface area contributed by atoms with Crippen molar-refractivity contribution in [1.29, 1.82) is 0 Å². The number of imidazole rings is 1. The summed E-state index contributed by atoms with van der Waals surface area (Å²) >= 11 is 1.79. The van der Waals surface area contributed by atoms with Gasteiger partial charge in [-0.05, 0) is 50.6 Å². The molecule has 0 unspecified atom stereocenters. The second kappa shape index (κ2) is 9.61. The largest absolute Gasteiger partial charge is 0.319 e. The Morgan fingerprint density at radius 1 is 1.14 bits per heavy atom. The smallest absolute Gasteiger partial charge is 0.242 e. The average Bonchev–Trinajstić information content (AvgIpc) is 3.03. The highest BCUT2D eigenvalue weighted by atomic mass is 32.2. The fourth-order valence-electron chi connectivity index (χ4n) is 3.55. The third kappa shape index (κ3) is 4.90. The first-order valence-electron chi connectivity index (χ1n) is 10.2. The summed E-state index contributed by atoms with van der Waals surface area (Å²) in [5.41, 5.74) is 1.78. The van der Waals surface area contributed by atoms with Crippen molar-refractivity contribution in [3.63, 3.8) is 0 Å². The minimum atomic E-state index is -3.45. The minimum absolute atomic E-state index is 0.301. The number of fused-ring (bicyclic) bond motifs is 1. The van der Waals surface area contributed by atoms with Gasteiger partial charge in [0.2, 0.25) is 10.0 Å². The van der Waals surface area contributed by atoms with E-state index in [0.717, 1.165) is 47.9 Å². The van der Waals surface area contributed by atoms with Crippen molar-refractivity contribution < 1.29 is 8.42 Å². The Bertz CT molecular complexity index is 887. The first kappa shape index (κ1) is 21.6. The maximum absolute atomic E-state index is 12.5. The lowest BCUT2D eigenvalue weighted by atomic mass is 10.1. The van der Waals surface area contributed by atoms with Crippen LogP contribution >= 0.6 is 11.8 Å². The molecule has 1 aromatic heterocycles. The molecule has 1 aliphatic heterocycles. The van der Waals surface area contributed by atoms with E-state index in [1.165, 1.54) is 36.7 Å². The van der Waals surface area contributed by atoms with Crippen LogP contribution in [0.25, 0.3) is 11.0 Å². The average molecular weight is 425 g/mol. The molecule has 0 N–H and O–H groups in total. The molecule has 1 fully saturated rings. The number of hydrogen-bond donors (Lipinski definition) is 0. The Labute approximate surface area is 173 Å². The molecular formula is C20H32N4O2S2. The van der Waals surface area contributed by atoms with Gasteiger partial charge in [0, 0.05) is 32.9 Å². The number of rotatable bonds is 9. The zero-order chi connectivity index (χ0) is 20.1. The molecule has 0 atom stereocenters. The number of unbranched alkanes of at least 4 members (excludes halogenated alkanes) is 1. The van der Waals surface area contributed by atoms with E-state index in [1.54, 1.807) is 38.0 Å². The number of aryl methyl sites for hydroxylation is 1. The van der Waals surface area contributed by atoms with Gasteiger partial charge < -0.3 is 9.47 Å². The second-order valence-corrected chi connectivity index (χ2v) is 10.8. The topological polar surface area (TPSA) is 58.4 Å². The molecule has 1 aromatic carbocycles. The van der Waals surface area contributed by atoms with Gasteiger partial charge in [-0.25, -0.2) is 17.7 Å². The van der Waals surface area contributed by atoms with Crippen molar-refractivity contribution >= 4 is 32.8 Å². The van der Waals surface area contributed by atoms with Gasteiger partial charge in [-0.3, -0.25) is 0 Å². The zero-order valence-corrected chi connectivity index (χ0v) is 18.9. The number of aromatic nitrogens is 2. The Morgan fingerprint density at radius 2 is 1.89 bits per heavy atom. The summed E-state index contributed by atoms with van der Waals surface area (Å²) < 4.78 is 28.4. The maximum Gasteiger partial charge on any atom is 0.242 e. The maximum atomic E-state index is 12.5. The van der Waals surface area contributed by atoms with Gasteiger partial charge in [0.25, 0.3) is 0 Å². The molecule has 3 rings (SSSR count). The molecule has 2 heterocycles. The molecule has 0 amide bonds. The van der Waals surface area contributed by atoms with Crippen molar-refractivity contribution in [3.05, 3.63) is 18.2 Å². The zero-order valence-electron chi connectivity index (χ0n) is 17.2. The molecule has 0 bridgehead atoms. The minimum Gasteiger partial charge on any atom is -0.319 e. The molecule has 0 saturated carbocycles. The van der Waals surface area contributed by atoms with Crippen LogP contribution in [0.4, 0.5) is 0 Å². The molecule has 6 nitrogen and oxygen atoms in total. The van der Waals surface area contributed by atoms with Gasteiger partial charge >= 0.3 is 0 Å². The van der Waals surface area contributed by atoms with Crippen molar-refractivity contribution in [2.45, 2.75) is 55.6 Å². The lowest BCUT2D eigenvalue weighted by Gasteiger charge is -2.26. The number of thioether (sulfide) groups is 1. The first-order valence-corrected chi connectivity index (χ1v) is 12.6. The van der Waals surface area contributed by atoms with E-state index in [9.17, 15) is 8.42 Å². The van der Waals surface area contributed by atoms with Gasteiger partial charge in [0.15, 0.2) is 5.16 Å². The van der Waals surface area contributed by atoms with Crippen molar-refractivity contribution in [1.82, 2.24) is 18.8 Å².